The van der Waals surface area contributed by atoms with Gasteiger partial charge in [-0.1, -0.05) is 20.5 Å². The number of nitrogens with zero attached hydrogens (tertiary/aromatic N) is 17. The number of aromatic nitrogens is 3. The summed E-state index contributed by atoms with van der Waals surface area (Å²) in [5.41, 5.74) is 39.6. The molecule has 0 radical (unpaired) electrons. The van der Waals surface area contributed by atoms with Crippen LogP contribution in [0.1, 0.15) is 0 Å². The lowest BCUT2D eigenvalue weighted by Gasteiger charge is -2.26. The number of azide groups is 4. The van der Waals surface area contributed by atoms with E-state index in [-0.39, 0.29) is 32.1 Å². The third kappa shape index (κ3) is 38.2. The van der Waals surface area contributed by atoms with Gasteiger partial charge in [0.25, 0.3) is 0 Å². The molecular weight excluding hydrogens is 864 g/mol. The monoisotopic (exact) mass is 931 g/mol. The van der Waals surface area contributed by atoms with Crippen molar-refractivity contribution in [1.29, 1.82) is 0 Å². The van der Waals surface area contributed by atoms with Crippen LogP contribution in [0.2, 0.25) is 0 Å². The number of anilines is 3. The molecule has 1 aromatic heterocycles. The molecule has 0 aliphatic carbocycles. The Kier molecular flexibility index (Phi) is 42.2. The van der Waals surface area contributed by atoms with Crippen LogP contribution < -0.4 is 15.5 Å². The molecule has 0 amide bonds. The van der Waals surface area contributed by atoms with Crippen molar-refractivity contribution < 1.29 is 56.8 Å². The van der Waals surface area contributed by atoms with E-state index in [1.165, 1.54) is 0 Å². The van der Waals surface area contributed by atoms with E-state index in [1.54, 1.807) is 0 Å². The summed E-state index contributed by atoms with van der Waals surface area (Å²) in [7, 11) is 0. The van der Waals surface area contributed by atoms with Crippen LogP contribution in [0.4, 0.5) is 17.8 Å². The van der Waals surface area contributed by atoms with E-state index in [1.807, 2.05) is 9.80 Å². The third-order valence-corrected chi connectivity index (χ3v) is 7.79. The second-order valence-corrected chi connectivity index (χ2v) is 12.4. The van der Waals surface area contributed by atoms with Crippen LogP contribution in [-0.2, 0) is 56.8 Å². The van der Waals surface area contributed by atoms with Crippen molar-refractivity contribution in [2.75, 3.05) is 226 Å². The summed E-state index contributed by atoms with van der Waals surface area (Å²) in [6.45, 7) is 10.9. The largest absolute Gasteiger partial charge is 0.379 e. The molecule has 0 atom stereocenters. The first-order valence-electron chi connectivity index (χ1n) is 21.1. The zero-order valence-electron chi connectivity index (χ0n) is 37.2. The van der Waals surface area contributed by atoms with Crippen LogP contribution in [0, 0.1) is 0 Å². The fourth-order valence-electron chi connectivity index (χ4n) is 4.74. The van der Waals surface area contributed by atoms with E-state index in [9.17, 15) is 0 Å². The Hall–Kier alpha value is -4.83. The summed E-state index contributed by atoms with van der Waals surface area (Å²) in [5, 5.41) is 13.7. The molecule has 2 N–H and O–H groups in total. The van der Waals surface area contributed by atoms with E-state index in [4.69, 9.17) is 89.7 Å². The van der Waals surface area contributed by atoms with Crippen molar-refractivity contribution in [1.82, 2.24) is 15.0 Å². The predicted molar refractivity (Wildman–Crippen MR) is 235 cm³/mol. The van der Waals surface area contributed by atoms with Crippen LogP contribution in [0.15, 0.2) is 20.5 Å². The van der Waals surface area contributed by atoms with Crippen LogP contribution >= 0.6 is 0 Å². The van der Waals surface area contributed by atoms with Gasteiger partial charge in [-0.15, -0.1) is 0 Å². The molecule has 0 bridgehead atoms. The molecule has 0 spiro atoms. The summed E-state index contributed by atoms with van der Waals surface area (Å²) >= 11 is 0. The number of nitrogens with two attached hydrogens (primary N) is 1. The Labute approximate surface area is 378 Å². The average molecular weight is 931 g/mol. The number of hydrogen-bond donors (Lipinski definition) is 1. The van der Waals surface area contributed by atoms with Gasteiger partial charge in [-0.25, -0.2) is 0 Å². The van der Waals surface area contributed by atoms with Crippen LogP contribution in [0.25, 0.3) is 41.8 Å². The van der Waals surface area contributed by atoms with Crippen LogP contribution in [0.5, 0.6) is 0 Å². The molecule has 0 saturated carbocycles. The fraction of sp³-hybridized carbons (Fsp3) is 0.914. The smallest absolute Gasteiger partial charge is 0.232 e. The SMILES string of the molecule is [N-]=[N+]=NCCOCCOCCOCCN(CCOCCOCCOCCN=[N+]=[N-])c1nc(N)nc(N(CCOCCOCCOCCN=[N+]=[N-])CCOCCOCCOCCN=[N+]=[N-])n1. The standard InChI is InChI=1S/C35H66N18O12/c36-33-45-34(52(5-13-58-21-29-62-25-17-54-9-1-41-48-37)6-14-59-22-30-63-26-18-55-10-2-42-49-38)47-35(46-33)53(7-15-60-23-31-64-27-19-56-11-3-43-50-39)8-16-61-24-32-65-28-20-57-12-4-44-51-40/h1-32H2,(H2,36,45,46,47). The van der Waals surface area contributed by atoms with Gasteiger partial charge in [-0.05, 0) is 22.1 Å². The molecule has 0 aromatic carbocycles. The number of ether oxygens (including phenoxy) is 12. The predicted octanol–water partition coefficient (Wildman–Crippen LogP) is 2.51. The highest BCUT2D eigenvalue weighted by Crippen LogP contribution is 2.16. The van der Waals surface area contributed by atoms with Crippen molar-refractivity contribution in [3.8, 4) is 0 Å². The fourth-order valence-corrected chi connectivity index (χ4v) is 4.74. The van der Waals surface area contributed by atoms with E-state index in [2.05, 4.69) is 50.1 Å². The molecule has 0 unspecified atom stereocenters. The van der Waals surface area contributed by atoms with Crippen molar-refractivity contribution in [2.45, 2.75) is 0 Å². The van der Waals surface area contributed by atoms with E-state index in [0.29, 0.717) is 197 Å². The van der Waals surface area contributed by atoms with Gasteiger partial charge in [-0.3, -0.25) is 0 Å². The Morgan fingerprint density at radius 3 is 0.738 bits per heavy atom. The van der Waals surface area contributed by atoms with Gasteiger partial charge >= 0.3 is 0 Å². The number of rotatable bonds is 50. The molecule has 65 heavy (non-hydrogen) atoms. The van der Waals surface area contributed by atoms with Gasteiger partial charge in [0.2, 0.25) is 17.8 Å². The zero-order valence-corrected chi connectivity index (χ0v) is 37.2. The van der Waals surface area contributed by atoms with Gasteiger partial charge in [0.15, 0.2) is 0 Å². The van der Waals surface area contributed by atoms with Crippen molar-refractivity contribution in [3.63, 3.8) is 0 Å². The lowest BCUT2D eigenvalue weighted by molar-refractivity contribution is 0.0148. The summed E-state index contributed by atoms with van der Waals surface area (Å²) < 4.78 is 67.0. The Morgan fingerprint density at radius 2 is 0.523 bits per heavy atom. The van der Waals surface area contributed by atoms with Gasteiger partial charge in [-0.2, -0.15) is 15.0 Å². The maximum Gasteiger partial charge on any atom is 0.232 e. The minimum Gasteiger partial charge on any atom is -0.379 e. The molecule has 30 nitrogen and oxygen atoms in total. The molecular formula is C35H66N18O12. The third-order valence-electron chi connectivity index (χ3n) is 7.79. The van der Waals surface area contributed by atoms with E-state index < -0.39 is 0 Å². The first-order valence-corrected chi connectivity index (χ1v) is 21.1. The second-order valence-electron chi connectivity index (χ2n) is 12.4. The summed E-state index contributed by atoms with van der Waals surface area (Å²) in [5.74, 6) is 0.652. The van der Waals surface area contributed by atoms with Crippen molar-refractivity contribution in [3.05, 3.63) is 41.8 Å². The van der Waals surface area contributed by atoms with E-state index >= 15 is 0 Å². The normalized spacial score (nSPS) is 10.8. The summed E-state index contributed by atoms with van der Waals surface area (Å²) in [4.78, 5) is 28.2. The Balaban J connectivity index is 2.84. The highest BCUT2D eigenvalue weighted by Gasteiger charge is 2.18. The molecule has 0 aliphatic rings. The first kappa shape index (κ1) is 58.2. The minimum atomic E-state index is 0.0128. The van der Waals surface area contributed by atoms with Crippen molar-refractivity contribution >= 4 is 17.8 Å². The maximum absolute atomic E-state index is 8.34. The first-order chi connectivity index (χ1) is 32.2. The topological polar surface area (TPSA) is 377 Å². The number of nitrogen functional groups attached to an aromatic ring is 1. The lowest BCUT2D eigenvalue weighted by atomic mass is 10.5. The highest BCUT2D eigenvalue weighted by molar-refractivity contribution is 5.43. The molecule has 1 rings (SSSR count). The molecule has 1 heterocycles. The van der Waals surface area contributed by atoms with Crippen LogP contribution in [-0.4, -0.2) is 226 Å². The molecule has 368 valence electrons. The average Bonchev–Trinajstić information content (AvgIpc) is 3.31. The van der Waals surface area contributed by atoms with Crippen LogP contribution in [0.3, 0.4) is 0 Å². The summed E-state index contributed by atoms with van der Waals surface area (Å²) in [6.07, 6.45) is 0. The molecule has 30 heteroatoms. The van der Waals surface area contributed by atoms with Gasteiger partial charge < -0.3 is 72.4 Å². The van der Waals surface area contributed by atoms with Gasteiger partial charge in [0.05, 0.1) is 159 Å². The molecule has 0 saturated heterocycles. The van der Waals surface area contributed by atoms with Gasteiger partial charge in [0.1, 0.15) is 0 Å². The number of hydrogen-bond acceptors (Lipinski definition) is 22. The van der Waals surface area contributed by atoms with Crippen molar-refractivity contribution in [2.24, 2.45) is 20.5 Å². The quantitative estimate of drug-likeness (QED) is 0.0424. The Bertz CT molecular complexity index is 1290. The zero-order chi connectivity index (χ0) is 46.8. The second kappa shape index (κ2) is 47.1. The molecule has 0 fully saturated rings. The summed E-state index contributed by atoms with van der Waals surface area (Å²) in [6, 6.07) is 0. The maximum atomic E-state index is 8.34. The molecule has 0 aliphatic heterocycles. The Morgan fingerprint density at radius 1 is 0.323 bits per heavy atom. The molecule has 1 aromatic rings. The highest BCUT2D eigenvalue weighted by atomic mass is 16.6. The minimum absolute atomic E-state index is 0.0128. The van der Waals surface area contributed by atoms with E-state index in [0.717, 1.165) is 0 Å². The lowest BCUT2D eigenvalue weighted by Crippen LogP contribution is -2.36. The van der Waals surface area contributed by atoms with Gasteiger partial charge in [0, 0.05) is 72.0 Å².